The van der Waals surface area contributed by atoms with E-state index in [1.807, 2.05) is 17.3 Å². The summed E-state index contributed by atoms with van der Waals surface area (Å²) in [6.45, 7) is 6.87. The van der Waals surface area contributed by atoms with Crippen molar-refractivity contribution in [2.75, 3.05) is 24.7 Å². The Bertz CT molecular complexity index is 996. The van der Waals surface area contributed by atoms with Gasteiger partial charge in [0.05, 0.1) is 23.4 Å². The molecule has 1 unspecified atom stereocenters. The first kappa shape index (κ1) is 20.5. The van der Waals surface area contributed by atoms with E-state index in [1.165, 1.54) is 16.9 Å². The molecule has 4 aliphatic rings. The van der Waals surface area contributed by atoms with Gasteiger partial charge in [0.1, 0.15) is 12.0 Å². The first-order valence-corrected chi connectivity index (χ1v) is 11.9. The molecule has 2 aliphatic heterocycles. The highest BCUT2D eigenvalue weighted by molar-refractivity contribution is 7.17. The Balaban J connectivity index is 1.39. The molecule has 1 atom stereocenters. The first-order valence-electron chi connectivity index (χ1n) is 11.1. The molecule has 1 aromatic heterocycles. The molecular formula is C24H29N3O3S. The summed E-state index contributed by atoms with van der Waals surface area (Å²) in [7, 11) is 0. The molecule has 1 fully saturated rings. The van der Waals surface area contributed by atoms with Gasteiger partial charge in [0, 0.05) is 43.0 Å². The predicted molar refractivity (Wildman–Crippen MR) is 122 cm³/mol. The zero-order chi connectivity index (χ0) is 21.4. The minimum absolute atomic E-state index is 0.0263. The van der Waals surface area contributed by atoms with Crippen molar-refractivity contribution in [1.82, 2.24) is 10.3 Å². The van der Waals surface area contributed by atoms with Crippen LogP contribution in [0.1, 0.15) is 54.9 Å². The predicted octanol–water partition coefficient (Wildman–Crippen LogP) is 4.68. The Hall–Kier alpha value is -2.38. The largest absolute Gasteiger partial charge is 0.462 e. The lowest BCUT2D eigenvalue weighted by Gasteiger charge is -2.26. The third kappa shape index (κ3) is 4.34. The zero-order valence-corrected chi connectivity index (χ0v) is 19.0. The Morgan fingerprint density at radius 1 is 1.35 bits per heavy atom. The summed E-state index contributed by atoms with van der Waals surface area (Å²) in [5, 5.41) is 4.43. The van der Waals surface area contributed by atoms with Crippen molar-refractivity contribution in [3.05, 3.63) is 58.4 Å². The number of anilines is 1. The molecule has 164 valence electrons. The second-order valence-electron chi connectivity index (χ2n) is 9.46. The van der Waals surface area contributed by atoms with Crippen LogP contribution in [-0.2, 0) is 15.9 Å². The van der Waals surface area contributed by atoms with Gasteiger partial charge in [0.15, 0.2) is 10.9 Å². The van der Waals surface area contributed by atoms with E-state index >= 15 is 0 Å². The lowest BCUT2D eigenvalue weighted by molar-refractivity contribution is 0.0916. The average Bonchev–Trinajstić information content (AvgIpc) is 3.42. The van der Waals surface area contributed by atoms with Crippen molar-refractivity contribution in [2.24, 2.45) is 11.3 Å². The van der Waals surface area contributed by atoms with Crippen LogP contribution < -0.4 is 10.2 Å². The number of hydrogen-bond donors (Lipinski definition) is 1. The summed E-state index contributed by atoms with van der Waals surface area (Å²) in [6.07, 6.45) is 14.4. The van der Waals surface area contributed by atoms with Gasteiger partial charge in [-0.1, -0.05) is 31.3 Å². The van der Waals surface area contributed by atoms with Crippen LogP contribution in [0.15, 0.2) is 47.8 Å². The van der Waals surface area contributed by atoms with Gasteiger partial charge in [-0.2, -0.15) is 0 Å². The van der Waals surface area contributed by atoms with Crippen LogP contribution in [0.3, 0.4) is 0 Å². The van der Waals surface area contributed by atoms with Gasteiger partial charge in [0.25, 0.3) is 0 Å². The number of Topliss-reactive ketones (excluding diaryl/α,β-unsaturated/α-hetero) is 1. The van der Waals surface area contributed by atoms with Crippen LogP contribution in [0, 0.1) is 11.3 Å². The number of fused-ring (bicyclic) bond motifs is 1. The van der Waals surface area contributed by atoms with Crippen LogP contribution in [-0.4, -0.2) is 30.5 Å². The number of ketones is 1. The quantitative estimate of drug-likeness (QED) is 0.719. The van der Waals surface area contributed by atoms with E-state index in [0.717, 1.165) is 72.6 Å². The van der Waals surface area contributed by atoms with Gasteiger partial charge in [-0.25, -0.2) is 4.98 Å². The fourth-order valence-corrected chi connectivity index (χ4v) is 5.52. The lowest BCUT2D eigenvalue weighted by atomic mass is 9.78. The van der Waals surface area contributed by atoms with E-state index in [2.05, 4.69) is 31.3 Å². The lowest BCUT2D eigenvalue weighted by Crippen LogP contribution is -2.26. The van der Waals surface area contributed by atoms with Crippen molar-refractivity contribution < 1.29 is 14.3 Å². The van der Waals surface area contributed by atoms with E-state index < -0.39 is 0 Å². The van der Waals surface area contributed by atoms with Crippen LogP contribution in [0.2, 0.25) is 0 Å². The molecule has 0 aromatic carbocycles. The highest BCUT2D eigenvalue weighted by Crippen LogP contribution is 2.40. The van der Waals surface area contributed by atoms with Crippen molar-refractivity contribution in [3.63, 3.8) is 0 Å². The summed E-state index contributed by atoms with van der Waals surface area (Å²) < 4.78 is 11.4. The fraction of sp³-hybridized carbons (Fsp3) is 0.500. The van der Waals surface area contributed by atoms with E-state index in [0.29, 0.717) is 12.3 Å². The Labute approximate surface area is 187 Å². The molecular weight excluding hydrogens is 410 g/mol. The van der Waals surface area contributed by atoms with Crippen molar-refractivity contribution in [2.45, 2.75) is 46.0 Å². The van der Waals surface area contributed by atoms with Crippen LogP contribution in [0.4, 0.5) is 5.13 Å². The number of nitrogens with zero attached hydrogens (tertiary/aromatic N) is 2. The standard InChI is InChI=1S/C24H29N3O3S/c1-24(2)11-19-22(20(28)12-24)31-23(26-19)27-8-10-30-21(14-27)17-5-3-4-6-18(17)25-13-16-7-9-29-15-16/h4,6,8,10,14,16,25H,3,5,7,9,11-13,15H2,1-2H3. The molecule has 2 aliphatic carbocycles. The smallest absolute Gasteiger partial charge is 0.194 e. The normalized spacial score (nSPS) is 24.8. The molecule has 31 heavy (non-hydrogen) atoms. The number of nitrogens with one attached hydrogen (secondary N) is 1. The van der Waals surface area contributed by atoms with E-state index in [1.54, 1.807) is 6.26 Å². The SMILES string of the molecule is CC1(C)CC(=O)c2sc(N3C=COC(C4=C(NCC5CCOC5)C=CCC4)=C3)nc2C1. The molecule has 5 rings (SSSR count). The maximum Gasteiger partial charge on any atom is 0.194 e. The fourth-order valence-electron chi connectivity index (χ4n) is 4.54. The van der Waals surface area contributed by atoms with Crippen molar-refractivity contribution in [3.8, 4) is 0 Å². The van der Waals surface area contributed by atoms with Gasteiger partial charge in [-0.3, -0.25) is 9.69 Å². The van der Waals surface area contributed by atoms with Gasteiger partial charge in [-0.05, 0) is 37.2 Å². The van der Waals surface area contributed by atoms with Gasteiger partial charge < -0.3 is 14.8 Å². The number of thiazole rings is 1. The number of carbonyl (C=O) groups is 1. The van der Waals surface area contributed by atoms with Gasteiger partial charge >= 0.3 is 0 Å². The molecule has 3 heterocycles. The summed E-state index contributed by atoms with van der Waals surface area (Å²) in [4.78, 5) is 20.2. The van der Waals surface area contributed by atoms with Crippen LogP contribution in [0.25, 0.3) is 0 Å². The first-order chi connectivity index (χ1) is 15.0. The summed E-state index contributed by atoms with van der Waals surface area (Å²) in [5.74, 6) is 1.60. The maximum atomic E-state index is 12.6. The Kier molecular flexibility index (Phi) is 5.48. The second-order valence-corrected chi connectivity index (χ2v) is 10.4. The van der Waals surface area contributed by atoms with Crippen LogP contribution in [0.5, 0.6) is 0 Å². The minimum atomic E-state index is -0.0263. The average molecular weight is 440 g/mol. The topological polar surface area (TPSA) is 63.7 Å². The molecule has 1 saturated heterocycles. The molecule has 0 radical (unpaired) electrons. The summed E-state index contributed by atoms with van der Waals surface area (Å²) in [6, 6.07) is 0. The number of ether oxygens (including phenoxy) is 2. The molecule has 0 amide bonds. The molecule has 7 heteroatoms. The zero-order valence-electron chi connectivity index (χ0n) is 18.1. The third-order valence-electron chi connectivity index (χ3n) is 6.19. The van der Waals surface area contributed by atoms with E-state index in [4.69, 9.17) is 14.5 Å². The van der Waals surface area contributed by atoms with Crippen LogP contribution >= 0.6 is 11.3 Å². The molecule has 1 N–H and O–H groups in total. The Morgan fingerprint density at radius 3 is 3.10 bits per heavy atom. The second kappa shape index (κ2) is 8.28. The number of rotatable bonds is 5. The monoisotopic (exact) mass is 439 g/mol. The molecule has 0 bridgehead atoms. The van der Waals surface area contributed by atoms with Crippen molar-refractivity contribution in [1.29, 1.82) is 0 Å². The van der Waals surface area contributed by atoms with Gasteiger partial charge in [-0.15, -0.1) is 0 Å². The molecule has 1 aromatic rings. The maximum absolute atomic E-state index is 12.6. The van der Waals surface area contributed by atoms with E-state index in [-0.39, 0.29) is 11.2 Å². The molecule has 0 saturated carbocycles. The molecule has 6 nitrogen and oxygen atoms in total. The summed E-state index contributed by atoms with van der Waals surface area (Å²) >= 11 is 1.48. The highest BCUT2D eigenvalue weighted by Gasteiger charge is 2.34. The highest BCUT2D eigenvalue weighted by atomic mass is 32.1. The number of allylic oxidation sites excluding steroid dienone is 3. The van der Waals surface area contributed by atoms with Crippen molar-refractivity contribution >= 4 is 22.3 Å². The Morgan fingerprint density at radius 2 is 2.26 bits per heavy atom. The van der Waals surface area contributed by atoms with Gasteiger partial charge in [0.2, 0.25) is 0 Å². The van der Waals surface area contributed by atoms with E-state index in [9.17, 15) is 4.79 Å². The third-order valence-corrected chi connectivity index (χ3v) is 7.34. The minimum Gasteiger partial charge on any atom is -0.462 e. The summed E-state index contributed by atoms with van der Waals surface area (Å²) in [5.41, 5.74) is 3.20. The number of aromatic nitrogens is 1. The number of hydrogen-bond acceptors (Lipinski definition) is 7. The molecule has 0 spiro atoms. The number of carbonyl (C=O) groups excluding carboxylic acids is 1.